The zero-order valence-corrected chi connectivity index (χ0v) is 20.2. The van der Waals surface area contributed by atoms with Crippen molar-refractivity contribution in [2.75, 3.05) is 49.6 Å². The second-order valence-corrected chi connectivity index (χ2v) is 8.73. The number of pyridine rings is 1. The molecule has 2 aliphatic heterocycles. The van der Waals surface area contributed by atoms with Crippen LogP contribution >= 0.6 is 0 Å². The highest BCUT2D eigenvalue weighted by atomic mass is 16.5. The van der Waals surface area contributed by atoms with E-state index in [1.807, 2.05) is 23.1 Å². The summed E-state index contributed by atoms with van der Waals surface area (Å²) in [6.45, 7) is 9.30. The fourth-order valence-electron chi connectivity index (χ4n) is 4.77. The molecule has 0 bridgehead atoms. The average Bonchev–Trinajstić information content (AvgIpc) is 3.00. The molecule has 3 amide bonds. The van der Waals surface area contributed by atoms with Crippen LogP contribution in [0.15, 0.2) is 42.6 Å². The van der Waals surface area contributed by atoms with Crippen molar-refractivity contribution in [2.24, 2.45) is 0 Å². The van der Waals surface area contributed by atoms with Crippen LogP contribution in [0.2, 0.25) is 0 Å². The van der Waals surface area contributed by atoms with E-state index in [1.54, 1.807) is 29.3 Å². The molecule has 0 radical (unpaired) electrons. The van der Waals surface area contributed by atoms with E-state index in [1.165, 1.54) is 0 Å². The Kier molecular flexibility index (Phi) is 8.13. The molecule has 0 saturated carbocycles. The number of hydrogen-bond donors (Lipinski definition) is 1. The molecular weight excluding hydrogens is 430 g/mol. The number of hydrogen-bond acceptors (Lipinski definition) is 5. The Morgan fingerprint density at radius 2 is 1.97 bits per heavy atom. The lowest BCUT2D eigenvalue weighted by atomic mass is 10.00. The summed E-state index contributed by atoms with van der Waals surface area (Å²) < 4.78 is 5.93. The van der Waals surface area contributed by atoms with E-state index in [-0.39, 0.29) is 18.0 Å². The maximum Gasteiger partial charge on any atom is 0.330 e. The molecule has 1 unspecified atom stereocenters. The molecule has 0 spiro atoms. The van der Waals surface area contributed by atoms with Gasteiger partial charge < -0.3 is 19.9 Å². The maximum atomic E-state index is 14.0. The monoisotopic (exact) mass is 465 g/mol. The summed E-state index contributed by atoms with van der Waals surface area (Å²) in [5, 5.41) is 2.91. The normalized spacial score (nSPS) is 17.7. The molecular formula is C26H35N5O3. The Labute approximate surface area is 201 Å². The molecule has 34 heavy (non-hydrogen) atoms. The fraction of sp³-hybridized carbons (Fsp3) is 0.500. The van der Waals surface area contributed by atoms with E-state index in [2.05, 4.69) is 29.0 Å². The molecule has 2 aromatic rings. The number of piperidine rings is 1. The van der Waals surface area contributed by atoms with Crippen LogP contribution in [0.1, 0.15) is 49.9 Å². The summed E-state index contributed by atoms with van der Waals surface area (Å²) in [5.74, 6) is 0.211. The summed E-state index contributed by atoms with van der Waals surface area (Å²) in [4.78, 5) is 37.3. The SMILES string of the molecule is CCN(CC)CCOCCC1CCCCN1C(=O)N1c2ccccc2C(=O)Nc2cccnc21. The largest absolute Gasteiger partial charge is 0.380 e. The molecule has 1 aromatic heterocycles. The van der Waals surface area contributed by atoms with Crippen molar-refractivity contribution in [1.29, 1.82) is 0 Å². The van der Waals surface area contributed by atoms with Crippen molar-refractivity contribution in [3.8, 4) is 0 Å². The first-order chi connectivity index (χ1) is 16.6. The highest BCUT2D eigenvalue weighted by molar-refractivity contribution is 6.16. The van der Waals surface area contributed by atoms with Crippen molar-refractivity contribution < 1.29 is 14.3 Å². The summed E-state index contributed by atoms with van der Waals surface area (Å²) in [7, 11) is 0. The third kappa shape index (κ3) is 5.23. The number of amides is 3. The molecule has 8 nitrogen and oxygen atoms in total. The lowest BCUT2D eigenvalue weighted by Crippen LogP contribution is -2.49. The highest BCUT2D eigenvalue weighted by Crippen LogP contribution is 2.37. The van der Waals surface area contributed by atoms with Gasteiger partial charge in [-0.15, -0.1) is 0 Å². The first-order valence-electron chi connectivity index (χ1n) is 12.4. The Morgan fingerprint density at radius 3 is 2.79 bits per heavy atom. The standard InChI is InChI=1S/C26H35N5O3/c1-3-29(4-2)17-19-34-18-14-20-10-7-8-16-30(20)26(33)31-23-13-6-5-11-21(23)25(32)28-22-12-9-15-27-24(22)31/h5-6,9,11-13,15,20H,3-4,7-8,10,14,16-19H2,1-2H3,(H,28,32). The molecule has 1 N–H and O–H groups in total. The Hall–Kier alpha value is -2.97. The number of rotatable bonds is 8. The quantitative estimate of drug-likeness (QED) is 0.581. The number of urea groups is 1. The van der Waals surface area contributed by atoms with Crippen LogP contribution in [-0.4, -0.2) is 72.2 Å². The van der Waals surface area contributed by atoms with Crippen LogP contribution < -0.4 is 10.2 Å². The van der Waals surface area contributed by atoms with Crippen LogP contribution in [0.5, 0.6) is 0 Å². The first kappa shape index (κ1) is 24.2. The molecule has 182 valence electrons. The minimum atomic E-state index is -0.239. The number of nitrogens with zero attached hydrogens (tertiary/aromatic N) is 4. The minimum Gasteiger partial charge on any atom is -0.380 e. The molecule has 8 heteroatoms. The molecule has 0 aliphatic carbocycles. The molecule has 1 atom stereocenters. The van der Waals surface area contributed by atoms with Gasteiger partial charge in [0.15, 0.2) is 5.82 Å². The van der Waals surface area contributed by atoms with Gasteiger partial charge in [-0.1, -0.05) is 26.0 Å². The lowest BCUT2D eigenvalue weighted by Gasteiger charge is -2.39. The van der Waals surface area contributed by atoms with E-state index < -0.39 is 0 Å². The van der Waals surface area contributed by atoms with Crippen LogP contribution in [0.25, 0.3) is 0 Å². The molecule has 1 aromatic carbocycles. The average molecular weight is 466 g/mol. The third-order valence-corrected chi connectivity index (χ3v) is 6.74. The van der Waals surface area contributed by atoms with Crippen LogP contribution in [0, 0.1) is 0 Å². The number of nitrogens with one attached hydrogen (secondary N) is 1. The van der Waals surface area contributed by atoms with Crippen molar-refractivity contribution >= 4 is 29.1 Å². The number of carbonyl (C=O) groups excluding carboxylic acids is 2. The summed E-state index contributed by atoms with van der Waals surface area (Å²) in [5.41, 5.74) is 1.55. The minimum absolute atomic E-state index is 0.0981. The van der Waals surface area contributed by atoms with Gasteiger partial charge in [0, 0.05) is 31.9 Å². The molecule has 1 fully saturated rings. The number of likely N-dealkylation sites (tertiary alicyclic amines) is 1. The summed E-state index contributed by atoms with van der Waals surface area (Å²) in [6, 6.07) is 10.7. The number of benzene rings is 1. The van der Waals surface area contributed by atoms with Crippen LogP contribution in [0.3, 0.4) is 0 Å². The Morgan fingerprint density at radius 1 is 1.15 bits per heavy atom. The number of fused-ring (bicyclic) bond motifs is 2. The van der Waals surface area contributed by atoms with Gasteiger partial charge in [0.25, 0.3) is 5.91 Å². The van der Waals surface area contributed by atoms with Gasteiger partial charge in [-0.05, 0) is 63.0 Å². The van der Waals surface area contributed by atoms with Gasteiger partial charge in [0.05, 0.1) is 23.5 Å². The predicted octanol–water partition coefficient (Wildman–Crippen LogP) is 4.51. The van der Waals surface area contributed by atoms with Crippen molar-refractivity contribution in [2.45, 2.75) is 45.6 Å². The van der Waals surface area contributed by atoms with Crippen molar-refractivity contribution in [1.82, 2.24) is 14.8 Å². The van der Waals surface area contributed by atoms with E-state index in [0.29, 0.717) is 42.5 Å². The van der Waals surface area contributed by atoms with Crippen LogP contribution in [0.4, 0.5) is 22.0 Å². The first-order valence-corrected chi connectivity index (χ1v) is 12.4. The highest BCUT2D eigenvalue weighted by Gasteiger charge is 2.36. The number of aromatic nitrogens is 1. The molecule has 1 saturated heterocycles. The van der Waals surface area contributed by atoms with Crippen molar-refractivity contribution in [3.63, 3.8) is 0 Å². The number of carbonyl (C=O) groups is 2. The molecule has 3 heterocycles. The van der Waals surface area contributed by atoms with Crippen molar-refractivity contribution in [3.05, 3.63) is 48.2 Å². The lowest BCUT2D eigenvalue weighted by molar-refractivity contribution is 0.0797. The van der Waals surface area contributed by atoms with E-state index in [0.717, 1.165) is 45.3 Å². The van der Waals surface area contributed by atoms with E-state index >= 15 is 0 Å². The Balaban J connectivity index is 1.52. The second kappa shape index (κ2) is 11.4. The van der Waals surface area contributed by atoms with Gasteiger partial charge in [-0.25, -0.2) is 14.7 Å². The maximum absolute atomic E-state index is 14.0. The fourth-order valence-corrected chi connectivity index (χ4v) is 4.77. The number of ether oxygens (including phenoxy) is 1. The molecule has 2 aliphatic rings. The molecule has 4 rings (SSSR count). The van der Waals surface area contributed by atoms with Gasteiger partial charge in [-0.2, -0.15) is 0 Å². The number of anilines is 3. The Bertz CT molecular complexity index is 994. The second-order valence-electron chi connectivity index (χ2n) is 8.73. The van der Waals surface area contributed by atoms with E-state index in [4.69, 9.17) is 4.74 Å². The zero-order chi connectivity index (χ0) is 23.9. The van der Waals surface area contributed by atoms with Gasteiger partial charge in [-0.3, -0.25) is 4.79 Å². The van der Waals surface area contributed by atoms with Gasteiger partial charge in [0.2, 0.25) is 0 Å². The van der Waals surface area contributed by atoms with E-state index in [9.17, 15) is 9.59 Å². The van der Waals surface area contributed by atoms with Gasteiger partial charge >= 0.3 is 6.03 Å². The van der Waals surface area contributed by atoms with Crippen LogP contribution in [-0.2, 0) is 4.74 Å². The topological polar surface area (TPSA) is 78.0 Å². The summed E-state index contributed by atoms with van der Waals surface area (Å²) >= 11 is 0. The summed E-state index contributed by atoms with van der Waals surface area (Å²) in [6.07, 6.45) is 5.46. The predicted molar refractivity (Wildman–Crippen MR) is 134 cm³/mol. The zero-order valence-electron chi connectivity index (χ0n) is 20.2. The smallest absolute Gasteiger partial charge is 0.330 e. The number of para-hydroxylation sites is 1. The number of likely N-dealkylation sites (N-methyl/N-ethyl adjacent to an activating group) is 1. The third-order valence-electron chi connectivity index (χ3n) is 6.74. The van der Waals surface area contributed by atoms with Gasteiger partial charge in [0.1, 0.15) is 0 Å².